The van der Waals surface area contributed by atoms with E-state index < -0.39 is 0 Å². The molecule has 1 aromatic carbocycles. The van der Waals surface area contributed by atoms with Gasteiger partial charge in [-0.2, -0.15) is 5.26 Å². The molecular weight excluding hydrogens is 337 g/mol. The van der Waals surface area contributed by atoms with Crippen molar-refractivity contribution in [3.63, 3.8) is 0 Å². The van der Waals surface area contributed by atoms with Crippen molar-refractivity contribution >= 4 is 0 Å². The Kier molecular flexibility index (Phi) is 7.90. The second kappa shape index (κ2) is 10.6. The molecule has 1 aromatic rings. The number of rotatable bonds is 7. The van der Waals surface area contributed by atoms with Crippen LogP contribution in [0.1, 0.15) is 75.7 Å². The molecule has 2 aliphatic rings. The van der Waals surface area contributed by atoms with E-state index in [-0.39, 0.29) is 5.82 Å². The molecule has 2 nitrogen and oxygen atoms in total. The van der Waals surface area contributed by atoms with Crippen LogP contribution < -0.4 is 0 Å². The van der Waals surface area contributed by atoms with Crippen molar-refractivity contribution in [3.05, 3.63) is 47.8 Å². The lowest BCUT2D eigenvalue weighted by atomic mass is 9.80. The second-order valence-corrected chi connectivity index (χ2v) is 8.35. The van der Waals surface area contributed by atoms with Gasteiger partial charge in [-0.1, -0.05) is 31.1 Å². The lowest BCUT2D eigenvalue weighted by molar-refractivity contribution is -0.00475. The maximum absolute atomic E-state index is 13.1. The molecule has 0 heterocycles. The highest BCUT2D eigenvalue weighted by Gasteiger charge is 2.25. The molecule has 3 heteroatoms. The molecule has 0 radical (unpaired) electrons. The summed E-state index contributed by atoms with van der Waals surface area (Å²) in [6.07, 6.45) is 16.0. The monoisotopic (exact) mass is 369 g/mol. The molecule has 2 aliphatic carbocycles. The van der Waals surface area contributed by atoms with Crippen LogP contribution in [0, 0.1) is 29.0 Å². The Labute approximate surface area is 163 Å². The van der Waals surface area contributed by atoms with Gasteiger partial charge < -0.3 is 4.74 Å². The van der Waals surface area contributed by atoms with Crippen LogP contribution in [0.15, 0.2) is 36.4 Å². The van der Waals surface area contributed by atoms with E-state index >= 15 is 0 Å². The second-order valence-electron chi connectivity index (χ2n) is 8.35. The number of halogens is 1. The van der Waals surface area contributed by atoms with Crippen molar-refractivity contribution < 1.29 is 9.13 Å². The first-order valence-corrected chi connectivity index (χ1v) is 10.7. The van der Waals surface area contributed by atoms with Gasteiger partial charge in [-0.15, -0.1) is 0 Å². The summed E-state index contributed by atoms with van der Waals surface area (Å²) in [6.45, 7) is 0.924. The van der Waals surface area contributed by atoms with Gasteiger partial charge in [0.2, 0.25) is 0 Å². The molecule has 0 amide bonds. The third-order valence-corrected chi connectivity index (χ3v) is 6.48. The van der Waals surface area contributed by atoms with Gasteiger partial charge in [0.15, 0.2) is 0 Å². The van der Waals surface area contributed by atoms with Gasteiger partial charge in [-0.25, -0.2) is 4.39 Å². The normalized spacial score (nSPS) is 28.9. The van der Waals surface area contributed by atoms with E-state index in [0.29, 0.717) is 12.0 Å². The van der Waals surface area contributed by atoms with Crippen molar-refractivity contribution in [2.24, 2.45) is 11.8 Å². The Hall–Kier alpha value is -1.66. The molecule has 0 saturated heterocycles. The van der Waals surface area contributed by atoms with Crippen molar-refractivity contribution in [2.45, 2.75) is 76.2 Å². The summed E-state index contributed by atoms with van der Waals surface area (Å²) < 4.78 is 19.3. The quantitative estimate of drug-likeness (QED) is 0.512. The van der Waals surface area contributed by atoms with Crippen molar-refractivity contribution in [1.82, 2.24) is 0 Å². The van der Waals surface area contributed by atoms with Crippen LogP contribution in [0.4, 0.5) is 4.39 Å². The molecule has 2 fully saturated rings. The third kappa shape index (κ3) is 6.47. The Morgan fingerprint density at radius 1 is 0.963 bits per heavy atom. The number of ether oxygens (including phenoxy) is 1. The molecule has 0 aromatic heterocycles. The molecule has 0 bridgehead atoms. The van der Waals surface area contributed by atoms with Gasteiger partial charge in [0.05, 0.1) is 12.2 Å². The van der Waals surface area contributed by atoms with E-state index in [0.717, 1.165) is 50.5 Å². The van der Waals surface area contributed by atoms with Gasteiger partial charge in [0.1, 0.15) is 5.82 Å². The number of nitrogens with zero attached hydrogens (tertiary/aromatic N) is 1. The molecule has 27 heavy (non-hydrogen) atoms. The molecule has 146 valence electrons. The molecule has 0 spiro atoms. The summed E-state index contributed by atoms with van der Waals surface area (Å²) >= 11 is 0. The molecule has 3 rings (SSSR count). The predicted octanol–water partition coefficient (Wildman–Crippen LogP) is 6.53. The van der Waals surface area contributed by atoms with Gasteiger partial charge in [-0.3, -0.25) is 0 Å². The highest BCUT2D eigenvalue weighted by atomic mass is 19.1. The largest absolute Gasteiger partial charge is 0.378 e. The maximum Gasteiger partial charge on any atom is 0.123 e. The van der Waals surface area contributed by atoms with Crippen molar-refractivity contribution in [1.29, 1.82) is 5.26 Å². The van der Waals surface area contributed by atoms with Gasteiger partial charge in [-0.05, 0) is 86.8 Å². The maximum atomic E-state index is 13.1. The van der Waals surface area contributed by atoms with Gasteiger partial charge >= 0.3 is 0 Å². The summed E-state index contributed by atoms with van der Waals surface area (Å²) in [5, 5.41) is 8.52. The number of nitriles is 1. The van der Waals surface area contributed by atoms with E-state index in [1.54, 1.807) is 18.2 Å². The van der Waals surface area contributed by atoms with Crippen LogP contribution in [0.3, 0.4) is 0 Å². The standard InChI is InChI=1S/C24H32FNO/c25-23-13-9-21(10-14-23)22-11-15-24(16-12-22)27-18-20-7-5-19(6-8-20)4-2-1-3-17-26/h1,3,9-10,13-14,19-20,22,24H,2,4-8,11-12,15-16,18H2. The fraction of sp³-hybridized carbons (Fsp3) is 0.625. The van der Waals surface area contributed by atoms with E-state index in [1.807, 2.05) is 18.2 Å². The lowest BCUT2D eigenvalue weighted by Gasteiger charge is -2.32. The van der Waals surface area contributed by atoms with E-state index in [9.17, 15) is 4.39 Å². The molecule has 0 unspecified atom stereocenters. The molecule has 2 saturated carbocycles. The van der Waals surface area contributed by atoms with Gasteiger partial charge in [0, 0.05) is 12.7 Å². The topological polar surface area (TPSA) is 33.0 Å². The molecular formula is C24H32FNO. The minimum Gasteiger partial charge on any atom is -0.378 e. The molecule has 0 atom stereocenters. The van der Waals surface area contributed by atoms with Crippen molar-refractivity contribution in [3.8, 4) is 6.07 Å². The number of hydrogen-bond acceptors (Lipinski definition) is 2. The highest BCUT2D eigenvalue weighted by molar-refractivity contribution is 5.20. The summed E-state index contributed by atoms with van der Waals surface area (Å²) in [6, 6.07) is 9.10. The first kappa shape index (κ1) is 20.1. The number of benzene rings is 1. The van der Waals surface area contributed by atoms with E-state index in [4.69, 9.17) is 10.00 Å². The summed E-state index contributed by atoms with van der Waals surface area (Å²) in [5.41, 5.74) is 1.28. The van der Waals surface area contributed by atoms with Gasteiger partial charge in [0.25, 0.3) is 0 Å². The number of hydrogen-bond donors (Lipinski definition) is 0. The lowest BCUT2D eigenvalue weighted by Crippen LogP contribution is -2.25. The fourth-order valence-corrected chi connectivity index (χ4v) is 4.72. The van der Waals surface area contributed by atoms with Crippen LogP contribution in [0.25, 0.3) is 0 Å². The Morgan fingerprint density at radius 2 is 1.63 bits per heavy atom. The van der Waals surface area contributed by atoms with Crippen LogP contribution in [-0.4, -0.2) is 12.7 Å². The van der Waals surface area contributed by atoms with Crippen LogP contribution in [0.2, 0.25) is 0 Å². The number of allylic oxidation sites excluding steroid dienone is 2. The molecule has 0 aliphatic heterocycles. The zero-order valence-electron chi connectivity index (χ0n) is 16.3. The SMILES string of the molecule is N#CC=CCCC1CCC(COC2CCC(c3ccc(F)cc3)CC2)CC1. The third-order valence-electron chi connectivity index (χ3n) is 6.48. The Morgan fingerprint density at radius 3 is 2.30 bits per heavy atom. The zero-order valence-corrected chi connectivity index (χ0v) is 16.3. The summed E-state index contributed by atoms with van der Waals surface area (Å²) in [4.78, 5) is 0. The van der Waals surface area contributed by atoms with E-state index in [1.165, 1.54) is 37.7 Å². The summed E-state index contributed by atoms with van der Waals surface area (Å²) in [7, 11) is 0. The van der Waals surface area contributed by atoms with Crippen LogP contribution >= 0.6 is 0 Å². The van der Waals surface area contributed by atoms with Crippen molar-refractivity contribution in [2.75, 3.05) is 6.61 Å². The predicted molar refractivity (Wildman–Crippen MR) is 107 cm³/mol. The Bertz CT molecular complexity index is 617. The first-order valence-electron chi connectivity index (χ1n) is 10.7. The van der Waals surface area contributed by atoms with Crippen LogP contribution in [-0.2, 0) is 4.74 Å². The average molecular weight is 370 g/mol. The highest BCUT2D eigenvalue weighted by Crippen LogP contribution is 2.36. The first-order chi connectivity index (χ1) is 13.2. The van der Waals surface area contributed by atoms with Crippen LogP contribution in [0.5, 0.6) is 0 Å². The minimum atomic E-state index is -0.149. The summed E-state index contributed by atoms with van der Waals surface area (Å²) in [5.74, 6) is 1.97. The molecule has 0 N–H and O–H groups in total. The smallest absolute Gasteiger partial charge is 0.123 e. The minimum absolute atomic E-state index is 0.149. The zero-order chi connectivity index (χ0) is 18.9. The fourth-order valence-electron chi connectivity index (χ4n) is 4.72. The van der Waals surface area contributed by atoms with E-state index in [2.05, 4.69) is 6.07 Å². The Balaban J connectivity index is 1.30. The average Bonchev–Trinajstić information content (AvgIpc) is 2.72.